The first-order chi connectivity index (χ1) is 15.8. The number of nitrogens with one attached hydrogen (secondary N) is 1. The van der Waals surface area contributed by atoms with Gasteiger partial charge in [-0.1, -0.05) is 0 Å². The zero-order valence-electron chi connectivity index (χ0n) is 17.9. The quantitative estimate of drug-likeness (QED) is 0.706. The number of rotatable bonds is 4. The van der Waals surface area contributed by atoms with E-state index >= 15 is 0 Å². The Morgan fingerprint density at radius 1 is 1.33 bits per heavy atom. The maximum atomic E-state index is 13.3. The van der Waals surface area contributed by atoms with Crippen LogP contribution in [0.15, 0.2) is 52.5 Å². The minimum atomic E-state index is -4.52. The molecule has 2 bridgehead atoms. The fraction of sp³-hybridized carbons (Fsp3) is 0.318. The summed E-state index contributed by atoms with van der Waals surface area (Å²) in [6.45, 7) is 4.86. The summed E-state index contributed by atoms with van der Waals surface area (Å²) in [7, 11) is 1.56. The molecule has 2 aromatic heterocycles. The molecule has 11 heteroatoms. The summed E-state index contributed by atoms with van der Waals surface area (Å²) in [6, 6.07) is 3.88. The molecule has 2 aliphatic heterocycles. The molecule has 33 heavy (non-hydrogen) atoms. The Morgan fingerprint density at radius 2 is 2.15 bits per heavy atom. The number of aliphatic imine (C=N–C) groups is 2. The van der Waals surface area contributed by atoms with Gasteiger partial charge in [-0.05, 0) is 37.8 Å². The average molecular weight is 457 g/mol. The predicted octanol–water partition coefficient (Wildman–Crippen LogP) is 3.90. The van der Waals surface area contributed by atoms with Gasteiger partial charge in [0.2, 0.25) is 0 Å². The standard InChI is InChI=1S/C22H22F3N7O/c1-26-11-16(12-27-2)29-21(33)32-17-4-3-7-31(13-17)19-6-5-18(30-20(19)32)14-8-15(10-28-9-14)22(23,24)25/h5-6,8-12,17H,1,3-4,7,13H2,2H3,(H,29,33)/b16-11+,27-12-/t17-/m0/s1. The summed E-state index contributed by atoms with van der Waals surface area (Å²) >= 11 is 0. The second kappa shape index (κ2) is 9.00. The third-order valence-electron chi connectivity index (χ3n) is 5.52. The Labute approximate surface area is 188 Å². The van der Waals surface area contributed by atoms with Gasteiger partial charge in [0.15, 0.2) is 5.82 Å². The van der Waals surface area contributed by atoms with Gasteiger partial charge in [-0.3, -0.25) is 19.9 Å². The fourth-order valence-electron chi connectivity index (χ4n) is 4.10. The SMILES string of the molecule is C=N/C=C(\C=N/C)NC(=O)N1c2nc(-c3cncc(C(F)(F)F)c3)ccc2N2CCC[C@H]1C2. The molecule has 0 aromatic carbocycles. The molecular weight excluding hydrogens is 435 g/mol. The number of fused-ring (bicyclic) bond motifs is 4. The molecule has 1 saturated heterocycles. The number of amides is 2. The van der Waals surface area contributed by atoms with E-state index in [0.717, 1.165) is 37.3 Å². The number of urea groups is 1. The highest BCUT2D eigenvalue weighted by Gasteiger charge is 2.38. The summed E-state index contributed by atoms with van der Waals surface area (Å²) in [4.78, 5) is 32.9. The molecule has 1 fully saturated rings. The number of nitrogens with zero attached hydrogens (tertiary/aromatic N) is 6. The van der Waals surface area contributed by atoms with Crippen LogP contribution >= 0.6 is 0 Å². The van der Waals surface area contributed by atoms with Crippen LogP contribution in [0.2, 0.25) is 0 Å². The zero-order valence-corrected chi connectivity index (χ0v) is 17.9. The Morgan fingerprint density at radius 3 is 2.88 bits per heavy atom. The van der Waals surface area contributed by atoms with Gasteiger partial charge < -0.3 is 10.2 Å². The van der Waals surface area contributed by atoms with Crippen molar-refractivity contribution in [1.82, 2.24) is 15.3 Å². The van der Waals surface area contributed by atoms with Crippen LogP contribution in [0.3, 0.4) is 0 Å². The van der Waals surface area contributed by atoms with E-state index in [2.05, 4.69) is 36.9 Å². The molecule has 1 atom stereocenters. The number of halogens is 3. The van der Waals surface area contributed by atoms with Crippen molar-refractivity contribution < 1.29 is 18.0 Å². The van der Waals surface area contributed by atoms with Crippen LogP contribution in [0, 0.1) is 0 Å². The molecule has 4 rings (SSSR count). The zero-order chi connectivity index (χ0) is 23.6. The smallest absolute Gasteiger partial charge is 0.366 e. The lowest BCUT2D eigenvalue weighted by molar-refractivity contribution is -0.137. The minimum Gasteiger partial charge on any atom is -0.366 e. The van der Waals surface area contributed by atoms with Crippen LogP contribution < -0.4 is 15.1 Å². The van der Waals surface area contributed by atoms with Crippen LogP contribution in [0.25, 0.3) is 11.3 Å². The van der Waals surface area contributed by atoms with Crippen molar-refractivity contribution in [1.29, 1.82) is 0 Å². The summed E-state index contributed by atoms with van der Waals surface area (Å²) in [5, 5.41) is 2.77. The third kappa shape index (κ3) is 4.57. The fourth-order valence-corrected chi connectivity index (χ4v) is 4.10. The van der Waals surface area contributed by atoms with Crippen molar-refractivity contribution in [3.63, 3.8) is 0 Å². The normalized spacial score (nSPS) is 18.3. The molecule has 0 radical (unpaired) electrons. The van der Waals surface area contributed by atoms with Crippen molar-refractivity contribution >= 4 is 30.5 Å². The molecule has 2 aliphatic rings. The van der Waals surface area contributed by atoms with Crippen molar-refractivity contribution in [3.8, 4) is 11.3 Å². The van der Waals surface area contributed by atoms with Gasteiger partial charge in [0, 0.05) is 44.3 Å². The molecule has 0 saturated carbocycles. The number of aromatic nitrogens is 2. The van der Waals surface area contributed by atoms with Crippen LogP contribution in [0.5, 0.6) is 0 Å². The van der Waals surface area contributed by atoms with E-state index in [9.17, 15) is 18.0 Å². The molecule has 4 heterocycles. The Hall–Kier alpha value is -3.76. The maximum Gasteiger partial charge on any atom is 0.417 e. The maximum absolute atomic E-state index is 13.3. The molecule has 2 aromatic rings. The Kier molecular flexibility index (Phi) is 6.12. The van der Waals surface area contributed by atoms with Crippen LogP contribution in [0.4, 0.5) is 29.5 Å². The van der Waals surface area contributed by atoms with Crippen molar-refractivity contribution in [2.24, 2.45) is 9.98 Å². The van der Waals surface area contributed by atoms with Gasteiger partial charge in [-0.2, -0.15) is 13.2 Å². The van der Waals surface area contributed by atoms with E-state index in [1.54, 1.807) is 24.1 Å². The summed E-state index contributed by atoms with van der Waals surface area (Å²) < 4.78 is 39.5. The lowest BCUT2D eigenvalue weighted by atomic mass is 9.99. The molecule has 1 N–H and O–H groups in total. The van der Waals surface area contributed by atoms with E-state index in [0.29, 0.717) is 23.8 Å². The first kappa shape index (κ1) is 22.4. The highest BCUT2D eigenvalue weighted by atomic mass is 19.4. The van der Waals surface area contributed by atoms with Gasteiger partial charge >= 0.3 is 12.2 Å². The number of carbonyl (C=O) groups is 1. The minimum absolute atomic E-state index is 0.134. The largest absolute Gasteiger partial charge is 0.417 e. The van der Waals surface area contributed by atoms with Crippen molar-refractivity contribution in [3.05, 3.63) is 48.1 Å². The first-order valence-corrected chi connectivity index (χ1v) is 10.3. The highest BCUT2D eigenvalue weighted by Crippen LogP contribution is 2.40. The van der Waals surface area contributed by atoms with E-state index in [1.165, 1.54) is 18.6 Å². The first-order valence-electron chi connectivity index (χ1n) is 10.3. The monoisotopic (exact) mass is 457 g/mol. The number of piperidine rings is 1. The summed E-state index contributed by atoms with van der Waals surface area (Å²) in [5.74, 6) is 0.387. The van der Waals surface area contributed by atoms with Gasteiger partial charge in [-0.25, -0.2) is 9.78 Å². The molecule has 0 spiro atoms. The summed E-state index contributed by atoms with van der Waals surface area (Å²) in [6.07, 6.45) is 2.08. The highest BCUT2D eigenvalue weighted by molar-refractivity contribution is 6.00. The van der Waals surface area contributed by atoms with E-state index < -0.39 is 17.8 Å². The van der Waals surface area contributed by atoms with Crippen LogP contribution in [-0.2, 0) is 6.18 Å². The number of hydrogen-bond donors (Lipinski definition) is 1. The number of carbonyl (C=O) groups excluding carboxylic acids is 1. The number of hydrogen-bond acceptors (Lipinski definition) is 6. The second-order valence-corrected chi connectivity index (χ2v) is 7.70. The average Bonchev–Trinajstić information content (AvgIpc) is 2.79. The molecular formula is C22H22F3N7O. The molecule has 2 amide bonds. The van der Waals surface area contributed by atoms with E-state index in [1.807, 2.05) is 0 Å². The second-order valence-electron chi connectivity index (χ2n) is 7.70. The molecule has 0 aliphatic carbocycles. The molecule has 172 valence electrons. The van der Waals surface area contributed by atoms with Gasteiger partial charge in [-0.15, -0.1) is 0 Å². The lowest BCUT2D eigenvalue weighted by Crippen LogP contribution is -2.57. The molecule has 0 unspecified atom stereocenters. The topological polar surface area (TPSA) is 86.1 Å². The van der Waals surface area contributed by atoms with Gasteiger partial charge in [0.25, 0.3) is 0 Å². The number of pyridine rings is 2. The predicted molar refractivity (Wildman–Crippen MR) is 121 cm³/mol. The van der Waals surface area contributed by atoms with Gasteiger partial charge in [0.05, 0.1) is 34.9 Å². The Bertz CT molecular complexity index is 1130. The van der Waals surface area contributed by atoms with Crippen LogP contribution in [0.1, 0.15) is 18.4 Å². The number of allylic oxidation sites excluding steroid dienone is 1. The number of alkyl halides is 3. The molecule has 8 nitrogen and oxygen atoms in total. The van der Waals surface area contributed by atoms with Crippen molar-refractivity contribution in [2.45, 2.75) is 25.1 Å². The lowest BCUT2D eigenvalue weighted by Gasteiger charge is -2.45. The van der Waals surface area contributed by atoms with E-state index in [-0.39, 0.29) is 11.6 Å². The third-order valence-corrected chi connectivity index (χ3v) is 5.52. The van der Waals surface area contributed by atoms with Crippen molar-refractivity contribution in [2.75, 3.05) is 29.9 Å². The summed E-state index contributed by atoms with van der Waals surface area (Å²) in [5.41, 5.74) is 0.760. The van der Waals surface area contributed by atoms with E-state index in [4.69, 9.17) is 0 Å². The number of anilines is 2. The Balaban J connectivity index is 1.76. The van der Waals surface area contributed by atoms with Gasteiger partial charge in [0.1, 0.15) is 0 Å². The van der Waals surface area contributed by atoms with Crippen LogP contribution in [-0.4, -0.2) is 55.1 Å².